The van der Waals surface area contributed by atoms with Crippen LogP contribution in [0.25, 0.3) is 22.6 Å². The van der Waals surface area contributed by atoms with Crippen molar-refractivity contribution in [1.29, 1.82) is 0 Å². The Kier molecular flexibility index (Phi) is 4.02. The Hall–Kier alpha value is -2.46. The maximum absolute atomic E-state index is 5.96. The second-order valence-corrected chi connectivity index (χ2v) is 4.90. The molecule has 3 aromatic rings. The van der Waals surface area contributed by atoms with E-state index in [0.717, 1.165) is 11.1 Å². The van der Waals surface area contributed by atoms with Gasteiger partial charge in [0.2, 0.25) is 0 Å². The summed E-state index contributed by atoms with van der Waals surface area (Å²) in [6.45, 7) is 0. The number of benzene rings is 2. The largest absolute Gasteiger partial charge is 0.493 e. The number of methoxy groups -OCH3 is 2. The highest BCUT2D eigenvalue weighted by molar-refractivity contribution is 6.28. The fraction of sp³-hybridized carbons (Fsp3) is 0.118. The van der Waals surface area contributed by atoms with Gasteiger partial charge in [-0.2, -0.15) is 4.98 Å². The summed E-state index contributed by atoms with van der Waals surface area (Å²) in [5.41, 5.74) is 2.41. The molecule has 1 aromatic heterocycles. The molecule has 112 valence electrons. The molecule has 0 aliphatic carbocycles. The fourth-order valence-corrected chi connectivity index (χ4v) is 2.42. The molecule has 22 heavy (non-hydrogen) atoms. The maximum atomic E-state index is 5.96. The summed E-state index contributed by atoms with van der Waals surface area (Å²) in [4.78, 5) is 4.29. The minimum Gasteiger partial charge on any atom is -0.493 e. The van der Waals surface area contributed by atoms with Crippen molar-refractivity contribution in [2.45, 2.75) is 0 Å². The molecule has 0 saturated carbocycles. The highest BCUT2D eigenvalue weighted by Crippen LogP contribution is 2.37. The molecule has 4 nitrogen and oxygen atoms in total. The topological polar surface area (TPSA) is 44.5 Å². The molecule has 1 heterocycles. The molecule has 0 aliphatic rings. The molecule has 0 saturated heterocycles. The predicted octanol–water partition coefficient (Wildman–Crippen LogP) is 4.68. The van der Waals surface area contributed by atoms with E-state index in [1.807, 2.05) is 48.5 Å². The third kappa shape index (κ3) is 2.65. The van der Waals surface area contributed by atoms with E-state index in [9.17, 15) is 0 Å². The third-order valence-corrected chi connectivity index (χ3v) is 3.46. The summed E-state index contributed by atoms with van der Waals surface area (Å²) >= 11 is 5.96. The van der Waals surface area contributed by atoms with Gasteiger partial charge in [-0.15, -0.1) is 0 Å². The van der Waals surface area contributed by atoms with Gasteiger partial charge in [0.05, 0.1) is 14.2 Å². The molecule has 0 unspecified atom stereocenters. The molecule has 0 radical (unpaired) electrons. The number of hydrogen-bond donors (Lipinski definition) is 0. The van der Waals surface area contributed by atoms with E-state index >= 15 is 0 Å². The second-order valence-electron chi connectivity index (χ2n) is 4.58. The summed E-state index contributed by atoms with van der Waals surface area (Å²) in [6, 6.07) is 15.3. The Morgan fingerprint density at radius 1 is 0.909 bits per heavy atom. The normalized spacial score (nSPS) is 10.5. The lowest BCUT2D eigenvalue weighted by Gasteiger charge is -2.09. The minimum absolute atomic E-state index is 0.101. The van der Waals surface area contributed by atoms with Crippen molar-refractivity contribution in [3.63, 3.8) is 0 Å². The summed E-state index contributed by atoms with van der Waals surface area (Å²) in [7, 11) is 3.19. The minimum atomic E-state index is 0.101. The summed E-state index contributed by atoms with van der Waals surface area (Å²) < 4.78 is 16.2. The fourth-order valence-electron chi connectivity index (χ4n) is 2.26. The zero-order valence-electron chi connectivity index (χ0n) is 12.2. The van der Waals surface area contributed by atoms with E-state index in [4.69, 9.17) is 25.5 Å². The van der Waals surface area contributed by atoms with Crippen LogP contribution in [0.1, 0.15) is 0 Å². The van der Waals surface area contributed by atoms with Gasteiger partial charge in [-0.25, -0.2) is 0 Å². The first-order valence-corrected chi connectivity index (χ1v) is 7.05. The van der Waals surface area contributed by atoms with Gasteiger partial charge < -0.3 is 13.9 Å². The summed E-state index contributed by atoms with van der Waals surface area (Å²) in [6.07, 6.45) is 0. The van der Waals surface area contributed by atoms with Gasteiger partial charge in [0.15, 0.2) is 17.3 Å². The zero-order valence-corrected chi connectivity index (χ0v) is 12.9. The molecule has 5 heteroatoms. The molecule has 0 bridgehead atoms. The van der Waals surface area contributed by atoms with Crippen molar-refractivity contribution in [3.05, 3.63) is 53.9 Å². The lowest BCUT2D eigenvalue weighted by atomic mass is 10.1. The van der Waals surface area contributed by atoms with Crippen molar-refractivity contribution < 1.29 is 13.9 Å². The maximum Gasteiger partial charge on any atom is 0.293 e. The van der Waals surface area contributed by atoms with E-state index in [0.29, 0.717) is 23.0 Å². The van der Waals surface area contributed by atoms with Crippen LogP contribution in [0.2, 0.25) is 5.35 Å². The smallest absolute Gasteiger partial charge is 0.293 e. The van der Waals surface area contributed by atoms with E-state index in [1.165, 1.54) is 0 Å². The quantitative estimate of drug-likeness (QED) is 0.701. The molecule has 3 rings (SSSR count). The molecule has 0 amide bonds. The van der Waals surface area contributed by atoms with Gasteiger partial charge in [-0.3, -0.25) is 0 Å². The van der Waals surface area contributed by atoms with E-state index in [1.54, 1.807) is 14.2 Å². The molecule has 0 atom stereocenters. The van der Waals surface area contributed by atoms with Crippen LogP contribution in [0, 0.1) is 0 Å². The monoisotopic (exact) mass is 315 g/mol. The number of ether oxygens (including phenoxy) is 2. The third-order valence-electron chi connectivity index (χ3n) is 3.29. The first-order valence-electron chi connectivity index (χ1n) is 6.67. The first-order chi connectivity index (χ1) is 10.7. The lowest BCUT2D eigenvalue weighted by Crippen LogP contribution is -1.91. The van der Waals surface area contributed by atoms with Crippen molar-refractivity contribution in [2.24, 2.45) is 0 Å². The van der Waals surface area contributed by atoms with Crippen molar-refractivity contribution in [3.8, 4) is 34.1 Å². The SMILES string of the molecule is COc1ccc(-c2nc(Cl)oc2-c2ccccc2)cc1OC. The van der Waals surface area contributed by atoms with Crippen LogP contribution in [0.3, 0.4) is 0 Å². The van der Waals surface area contributed by atoms with Crippen molar-refractivity contribution >= 4 is 11.6 Å². The number of halogens is 1. The molecule has 0 spiro atoms. The van der Waals surface area contributed by atoms with Crippen LogP contribution in [0.4, 0.5) is 0 Å². The Morgan fingerprint density at radius 2 is 1.64 bits per heavy atom. The summed E-state index contributed by atoms with van der Waals surface area (Å²) in [5, 5.41) is 0.101. The van der Waals surface area contributed by atoms with Gasteiger partial charge in [0, 0.05) is 11.1 Å². The van der Waals surface area contributed by atoms with Gasteiger partial charge in [0.1, 0.15) is 5.69 Å². The van der Waals surface area contributed by atoms with E-state index in [-0.39, 0.29) is 5.35 Å². The number of rotatable bonds is 4. The number of oxazole rings is 1. The van der Waals surface area contributed by atoms with Crippen LogP contribution < -0.4 is 9.47 Å². The molecular formula is C17H14ClNO3. The Bertz CT molecular complexity index is 784. The highest BCUT2D eigenvalue weighted by Gasteiger charge is 2.17. The van der Waals surface area contributed by atoms with Crippen LogP contribution in [0.5, 0.6) is 11.5 Å². The summed E-state index contributed by atoms with van der Waals surface area (Å²) in [5.74, 6) is 1.90. The van der Waals surface area contributed by atoms with Crippen LogP contribution in [0.15, 0.2) is 52.9 Å². The molecular weight excluding hydrogens is 302 g/mol. The van der Waals surface area contributed by atoms with Crippen molar-refractivity contribution in [2.75, 3.05) is 14.2 Å². The molecule has 0 fully saturated rings. The average molecular weight is 316 g/mol. The average Bonchev–Trinajstić information content (AvgIpc) is 2.97. The Morgan fingerprint density at radius 3 is 2.32 bits per heavy atom. The van der Waals surface area contributed by atoms with Crippen molar-refractivity contribution in [1.82, 2.24) is 4.98 Å². The van der Waals surface area contributed by atoms with Gasteiger partial charge in [-0.05, 0) is 29.8 Å². The first kappa shape index (κ1) is 14.5. The Labute approximate surface area is 133 Å². The highest BCUT2D eigenvalue weighted by atomic mass is 35.5. The zero-order chi connectivity index (χ0) is 15.5. The Balaban J connectivity index is 2.13. The van der Waals surface area contributed by atoms with E-state index < -0.39 is 0 Å². The van der Waals surface area contributed by atoms with Gasteiger partial charge >= 0.3 is 0 Å². The molecule has 0 aliphatic heterocycles. The molecule has 0 N–H and O–H groups in total. The van der Waals surface area contributed by atoms with Crippen LogP contribution in [-0.4, -0.2) is 19.2 Å². The lowest BCUT2D eigenvalue weighted by molar-refractivity contribution is 0.355. The molecule has 2 aromatic carbocycles. The van der Waals surface area contributed by atoms with E-state index in [2.05, 4.69) is 4.98 Å². The predicted molar refractivity (Wildman–Crippen MR) is 85.5 cm³/mol. The van der Waals surface area contributed by atoms with Crippen LogP contribution in [-0.2, 0) is 0 Å². The van der Waals surface area contributed by atoms with Gasteiger partial charge in [-0.1, -0.05) is 30.3 Å². The number of hydrogen-bond acceptors (Lipinski definition) is 4. The second kappa shape index (κ2) is 6.12. The van der Waals surface area contributed by atoms with Gasteiger partial charge in [0.25, 0.3) is 5.35 Å². The standard InChI is InChI=1S/C17H14ClNO3/c1-20-13-9-8-12(10-14(13)21-2)15-16(22-17(18)19-15)11-6-4-3-5-7-11/h3-10H,1-2H3. The number of nitrogens with zero attached hydrogens (tertiary/aromatic N) is 1. The number of aromatic nitrogens is 1. The van der Waals surface area contributed by atoms with Crippen LogP contribution >= 0.6 is 11.6 Å².